The molecule has 1 N–H and O–H groups in total. The molecular weight excluding hydrogens is 382 g/mol. The highest BCUT2D eigenvalue weighted by Crippen LogP contribution is 2.28. The van der Waals surface area contributed by atoms with Gasteiger partial charge in [-0.15, -0.1) is 5.10 Å². The second-order valence-electron chi connectivity index (χ2n) is 6.82. The maximum Gasteiger partial charge on any atom is 0.253 e. The summed E-state index contributed by atoms with van der Waals surface area (Å²) in [6.07, 6.45) is 1.42. The minimum absolute atomic E-state index is 0.269. The molecule has 0 fully saturated rings. The van der Waals surface area contributed by atoms with Crippen molar-refractivity contribution in [2.24, 2.45) is 0 Å². The fraction of sp³-hybridized carbons (Fsp3) is 0.190. The second kappa shape index (κ2) is 8.16. The minimum atomic E-state index is -0.706. The van der Waals surface area contributed by atoms with Crippen molar-refractivity contribution in [3.8, 4) is 11.4 Å². The lowest BCUT2D eigenvalue weighted by atomic mass is 10.1. The zero-order valence-corrected chi connectivity index (χ0v) is 16.9. The van der Waals surface area contributed by atoms with Gasteiger partial charge in [-0.1, -0.05) is 30.3 Å². The Balaban J connectivity index is 1.64. The molecular formula is C21H21N7O2. The zero-order valence-electron chi connectivity index (χ0n) is 16.9. The Kier molecular flexibility index (Phi) is 5.25. The van der Waals surface area contributed by atoms with E-state index in [9.17, 15) is 4.79 Å². The number of rotatable bonds is 6. The van der Waals surface area contributed by atoms with Crippen LogP contribution in [0.2, 0.25) is 0 Å². The molecule has 0 aliphatic carbocycles. The predicted molar refractivity (Wildman–Crippen MR) is 111 cm³/mol. The number of nitrogens with one attached hydrogen (secondary N) is 1. The smallest absolute Gasteiger partial charge is 0.253 e. The van der Waals surface area contributed by atoms with Gasteiger partial charge in [0.25, 0.3) is 5.91 Å². The van der Waals surface area contributed by atoms with Crippen LogP contribution < -0.4 is 10.1 Å². The van der Waals surface area contributed by atoms with Gasteiger partial charge in [-0.2, -0.15) is 5.10 Å². The summed E-state index contributed by atoms with van der Waals surface area (Å²) < 4.78 is 8.79. The van der Waals surface area contributed by atoms with Crippen LogP contribution in [-0.2, 0) is 4.79 Å². The normalized spacial score (nSPS) is 11.8. The number of anilines is 1. The highest BCUT2D eigenvalue weighted by Gasteiger charge is 2.24. The van der Waals surface area contributed by atoms with Crippen molar-refractivity contribution in [2.75, 3.05) is 12.4 Å². The number of carbonyl (C=O) groups is 1. The molecule has 1 atom stereocenters. The number of methoxy groups -OCH3 is 1. The van der Waals surface area contributed by atoms with Crippen LogP contribution in [0, 0.1) is 13.8 Å². The molecule has 0 bridgehead atoms. The van der Waals surface area contributed by atoms with E-state index in [-0.39, 0.29) is 5.91 Å². The number of ether oxygens (including phenoxy) is 1. The van der Waals surface area contributed by atoms with E-state index in [4.69, 9.17) is 4.74 Å². The molecule has 0 saturated heterocycles. The van der Waals surface area contributed by atoms with Crippen LogP contribution in [0.25, 0.3) is 5.69 Å². The van der Waals surface area contributed by atoms with Gasteiger partial charge >= 0.3 is 0 Å². The molecule has 2 heterocycles. The topological polar surface area (TPSA) is 99.7 Å². The Morgan fingerprint density at radius 3 is 2.53 bits per heavy atom. The van der Waals surface area contributed by atoms with Crippen molar-refractivity contribution < 1.29 is 9.53 Å². The monoisotopic (exact) mass is 403 g/mol. The van der Waals surface area contributed by atoms with E-state index in [1.807, 2.05) is 67.1 Å². The van der Waals surface area contributed by atoms with E-state index in [0.29, 0.717) is 11.4 Å². The number of aromatic nitrogens is 6. The molecule has 4 rings (SSSR count). The van der Waals surface area contributed by atoms with Crippen LogP contribution in [0.5, 0.6) is 5.75 Å². The van der Waals surface area contributed by atoms with Gasteiger partial charge in [-0.3, -0.25) is 4.79 Å². The van der Waals surface area contributed by atoms with Crippen molar-refractivity contribution >= 4 is 11.6 Å². The van der Waals surface area contributed by atoms with Crippen molar-refractivity contribution in [2.45, 2.75) is 19.9 Å². The third kappa shape index (κ3) is 3.77. The van der Waals surface area contributed by atoms with E-state index >= 15 is 0 Å². The molecule has 1 amide bonds. The SMILES string of the molecule is COc1cc(NC(=O)[C@@H](c2ccccc2)n2cnnn2)ccc1-n1nc(C)cc1C. The molecule has 9 heteroatoms. The molecule has 9 nitrogen and oxygen atoms in total. The van der Waals surface area contributed by atoms with Crippen LogP contribution in [0.3, 0.4) is 0 Å². The van der Waals surface area contributed by atoms with Crippen molar-refractivity contribution in [1.29, 1.82) is 0 Å². The van der Waals surface area contributed by atoms with E-state index in [1.165, 1.54) is 11.0 Å². The van der Waals surface area contributed by atoms with Crippen LogP contribution in [0.1, 0.15) is 23.0 Å². The number of aryl methyl sites for hydroxylation is 2. The van der Waals surface area contributed by atoms with E-state index in [0.717, 1.165) is 22.6 Å². The van der Waals surface area contributed by atoms with E-state index in [1.54, 1.807) is 13.2 Å². The van der Waals surface area contributed by atoms with Gasteiger partial charge in [0.1, 0.15) is 17.8 Å². The summed E-state index contributed by atoms with van der Waals surface area (Å²) in [6.45, 7) is 3.92. The number of benzene rings is 2. The number of amides is 1. The van der Waals surface area contributed by atoms with Crippen LogP contribution in [0.4, 0.5) is 5.69 Å². The summed E-state index contributed by atoms with van der Waals surface area (Å²) in [5, 5.41) is 18.7. The first kappa shape index (κ1) is 19.3. The quantitative estimate of drug-likeness (QED) is 0.531. The maximum atomic E-state index is 13.1. The molecule has 4 aromatic rings. The van der Waals surface area contributed by atoms with Gasteiger partial charge < -0.3 is 10.1 Å². The molecule has 2 aromatic carbocycles. The Morgan fingerprint density at radius 2 is 1.90 bits per heavy atom. The Labute approximate surface area is 173 Å². The molecule has 0 aliphatic rings. The average Bonchev–Trinajstić information content (AvgIpc) is 3.38. The number of hydrogen-bond donors (Lipinski definition) is 1. The first-order valence-electron chi connectivity index (χ1n) is 9.37. The molecule has 0 aliphatic heterocycles. The predicted octanol–water partition coefficient (Wildman–Crippen LogP) is 2.71. The Hall–Kier alpha value is -4.01. The maximum absolute atomic E-state index is 13.1. The Morgan fingerprint density at radius 1 is 1.10 bits per heavy atom. The fourth-order valence-corrected chi connectivity index (χ4v) is 3.36. The zero-order chi connectivity index (χ0) is 21.1. The van der Waals surface area contributed by atoms with E-state index < -0.39 is 6.04 Å². The lowest BCUT2D eigenvalue weighted by molar-refractivity contribution is -0.118. The van der Waals surface area contributed by atoms with Gasteiger partial charge in [0, 0.05) is 17.4 Å². The second-order valence-corrected chi connectivity index (χ2v) is 6.82. The standard InChI is InChI=1S/C21H21N7O2/c1-14-11-15(2)28(24-14)18-10-9-17(12-19(18)30-3)23-21(29)20(27-13-22-25-26-27)16-7-5-4-6-8-16/h4-13,20H,1-3H3,(H,23,29)/t20-/m1/s1. The average molecular weight is 403 g/mol. The summed E-state index contributed by atoms with van der Waals surface area (Å²) in [5.74, 6) is 0.326. The first-order chi connectivity index (χ1) is 14.6. The first-order valence-corrected chi connectivity index (χ1v) is 9.37. The largest absolute Gasteiger partial charge is 0.494 e. The summed E-state index contributed by atoms with van der Waals surface area (Å²) in [7, 11) is 1.59. The van der Waals surface area contributed by atoms with Crippen molar-refractivity contribution in [1.82, 2.24) is 30.0 Å². The van der Waals surface area contributed by atoms with Gasteiger partial charge in [0.05, 0.1) is 12.8 Å². The summed E-state index contributed by atoms with van der Waals surface area (Å²) >= 11 is 0. The van der Waals surface area contributed by atoms with Gasteiger partial charge in [-0.05, 0) is 48.0 Å². The Bertz CT molecular complexity index is 1150. The molecule has 2 aromatic heterocycles. The summed E-state index contributed by atoms with van der Waals surface area (Å²) in [4.78, 5) is 13.1. The highest BCUT2D eigenvalue weighted by molar-refractivity contribution is 5.96. The summed E-state index contributed by atoms with van der Waals surface area (Å²) in [6, 6.07) is 16.1. The number of carbonyl (C=O) groups excluding carboxylic acids is 1. The van der Waals surface area contributed by atoms with Gasteiger partial charge in [-0.25, -0.2) is 9.36 Å². The number of hydrogen-bond acceptors (Lipinski definition) is 6. The van der Waals surface area contributed by atoms with Crippen LogP contribution in [-0.4, -0.2) is 43.0 Å². The lowest BCUT2D eigenvalue weighted by Gasteiger charge is -2.18. The molecule has 152 valence electrons. The molecule has 0 saturated carbocycles. The highest BCUT2D eigenvalue weighted by atomic mass is 16.5. The number of tetrazole rings is 1. The van der Waals surface area contributed by atoms with Crippen LogP contribution >= 0.6 is 0 Å². The van der Waals surface area contributed by atoms with Gasteiger partial charge in [0.2, 0.25) is 0 Å². The number of nitrogens with zero attached hydrogens (tertiary/aromatic N) is 6. The molecule has 0 unspecified atom stereocenters. The van der Waals surface area contributed by atoms with Crippen molar-refractivity contribution in [3.05, 3.63) is 77.9 Å². The third-order valence-electron chi connectivity index (χ3n) is 4.68. The van der Waals surface area contributed by atoms with Crippen molar-refractivity contribution in [3.63, 3.8) is 0 Å². The van der Waals surface area contributed by atoms with Crippen LogP contribution in [0.15, 0.2) is 60.9 Å². The fourth-order valence-electron chi connectivity index (χ4n) is 3.36. The van der Waals surface area contributed by atoms with E-state index in [2.05, 4.69) is 25.9 Å². The summed E-state index contributed by atoms with van der Waals surface area (Å²) in [5.41, 5.74) is 4.07. The minimum Gasteiger partial charge on any atom is -0.494 e. The van der Waals surface area contributed by atoms with Gasteiger partial charge in [0.15, 0.2) is 6.04 Å². The lowest BCUT2D eigenvalue weighted by Crippen LogP contribution is -2.27. The molecule has 0 spiro atoms. The third-order valence-corrected chi connectivity index (χ3v) is 4.68. The molecule has 0 radical (unpaired) electrons. The molecule has 30 heavy (non-hydrogen) atoms.